The average Bonchev–Trinajstić information content (AvgIpc) is 2.98. The van der Waals surface area contributed by atoms with Crippen LogP contribution in [0.5, 0.6) is 11.5 Å². The maximum absolute atomic E-state index is 12.5. The second-order valence-electron chi connectivity index (χ2n) is 5.67. The van der Waals surface area contributed by atoms with Crippen molar-refractivity contribution in [1.82, 2.24) is 0 Å². The van der Waals surface area contributed by atoms with Crippen LogP contribution in [0.4, 0.5) is 0 Å². The molecule has 8 heteroatoms. The van der Waals surface area contributed by atoms with E-state index >= 15 is 0 Å². The van der Waals surface area contributed by atoms with E-state index < -0.39 is 23.3 Å². The number of rotatable bonds is 5. The molecule has 0 amide bonds. The lowest BCUT2D eigenvalue weighted by molar-refractivity contribution is -0.166. The zero-order valence-corrected chi connectivity index (χ0v) is 15.0. The van der Waals surface area contributed by atoms with Crippen LogP contribution in [-0.2, 0) is 19.1 Å². The maximum atomic E-state index is 12.5. The number of ether oxygens (including phenoxy) is 4. The summed E-state index contributed by atoms with van der Waals surface area (Å²) in [6.45, 7) is 0. The highest BCUT2D eigenvalue weighted by Gasteiger charge is 2.59. The quantitative estimate of drug-likeness (QED) is 0.615. The second kappa shape index (κ2) is 7.35. The molecule has 0 aromatic heterocycles. The predicted molar refractivity (Wildman–Crippen MR) is 90.2 cm³/mol. The Balaban J connectivity index is 2.70. The van der Waals surface area contributed by atoms with E-state index in [2.05, 4.69) is 0 Å². The van der Waals surface area contributed by atoms with Gasteiger partial charge in [-0.3, -0.25) is 9.59 Å². The van der Waals surface area contributed by atoms with Gasteiger partial charge in [-0.25, -0.2) is 0 Å². The summed E-state index contributed by atoms with van der Waals surface area (Å²) in [4.78, 5) is 24.9. The Bertz CT molecular complexity index is 792. The van der Waals surface area contributed by atoms with Crippen LogP contribution in [0.1, 0.15) is 17.9 Å². The highest BCUT2D eigenvalue weighted by atomic mass is 16.5. The number of allylic oxidation sites excluding steroid dienone is 1. The molecule has 2 rings (SSSR count). The van der Waals surface area contributed by atoms with Crippen molar-refractivity contribution in [1.29, 1.82) is 5.26 Å². The molecule has 0 bridgehead atoms. The number of esters is 2. The molecule has 1 aromatic carbocycles. The van der Waals surface area contributed by atoms with Crippen molar-refractivity contribution >= 4 is 11.9 Å². The Kier molecular flexibility index (Phi) is 5.41. The monoisotopic (exact) mass is 360 g/mol. The van der Waals surface area contributed by atoms with E-state index in [4.69, 9.17) is 24.7 Å². The zero-order valence-electron chi connectivity index (χ0n) is 15.0. The largest absolute Gasteiger partial charge is 0.493 e. The van der Waals surface area contributed by atoms with Crippen LogP contribution >= 0.6 is 0 Å². The molecule has 8 nitrogen and oxygen atoms in total. The molecule has 1 aliphatic carbocycles. The molecule has 0 saturated heterocycles. The fourth-order valence-electron chi connectivity index (χ4n) is 3.34. The Labute approximate surface area is 151 Å². The van der Waals surface area contributed by atoms with Crippen molar-refractivity contribution in [2.24, 2.45) is 11.1 Å². The number of carbonyl (C=O) groups excluding carboxylic acids is 2. The fraction of sp³-hybridized carbons (Fsp3) is 0.389. The van der Waals surface area contributed by atoms with Gasteiger partial charge < -0.3 is 24.7 Å². The average molecular weight is 360 g/mol. The van der Waals surface area contributed by atoms with E-state index in [9.17, 15) is 14.9 Å². The third kappa shape index (κ3) is 2.62. The zero-order chi connectivity index (χ0) is 19.5. The van der Waals surface area contributed by atoms with Crippen LogP contribution in [0.2, 0.25) is 0 Å². The van der Waals surface area contributed by atoms with Gasteiger partial charge in [-0.1, -0.05) is 12.1 Å². The third-order valence-electron chi connectivity index (χ3n) is 4.61. The number of nitriles is 1. The van der Waals surface area contributed by atoms with Gasteiger partial charge in [-0.05, 0) is 12.5 Å². The molecule has 2 N–H and O–H groups in total. The van der Waals surface area contributed by atoms with Crippen LogP contribution < -0.4 is 15.2 Å². The molecule has 26 heavy (non-hydrogen) atoms. The first-order chi connectivity index (χ1) is 12.4. The minimum absolute atomic E-state index is 0.0901. The standard InChI is InChI=1S/C18H20N2O6/c1-23-13-7-5-6-10(14(13)24-2)11-8-18(16(21)25-3,17(22)26-4)15(20)12(11)9-19/h5-7,11H,8,20H2,1-4H3. The van der Waals surface area contributed by atoms with E-state index in [1.807, 2.05) is 6.07 Å². The number of hydrogen-bond donors (Lipinski definition) is 1. The molecule has 0 fully saturated rings. The van der Waals surface area contributed by atoms with E-state index in [1.165, 1.54) is 14.2 Å². The summed E-state index contributed by atoms with van der Waals surface area (Å²) in [6.07, 6.45) is -0.107. The first-order valence-electron chi connectivity index (χ1n) is 7.70. The van der Waals surface area contributed by atoms with Gasteiger partial charge in [0.15, 0.2) is 11.5 Å². The Morgan fingerprint density at radius 1 is 1.15 bits per heavy atom. The molecular weight excluding hydrogens is 340 g/mol. The summed E-state index contributed by atoms with van der Waals surface area (Å²) in [7, 11) is 5.24. The van der Waals surface area contributed by atoms with Crippen molar-refractivity contribution in [3.8, 4) is 17.6 Å². The summed E-state index contributed by atoms with van der Waals surface area (Å²) in [5.74, 6) is -1.57. The van der Waals surface area contributed by atoms with E-state index in [0.29, 0.717) is 17.1 Å². The van der Waals surface area contributed by atoms with Crippen LogP contribution in [0, 0.1) is 16.7 Å². The molecule has 1 unspecified atom stereocenters. The maximum Gasteiger partial charge on any atom is 0.329 e. The first kappa shape index (κ1) is 19.1. The lowest BCUT2D eigenvalue weighted by Crippen LogP contribution is -2.43. The summed E-state index contributed by atoms with van der Waals surface area (Å²) >= 11 is 0. The van der Waals surface area contributed by atoms with E-state index in [-0.39, 0.29) is 17.7 Å². The van der Waals surface area contributed by atoms with Gasteiger partial charge in [0, 0.05) is 11.5 Å². The van der Waals surface area contributed by atoms with Gasteiger partial charge in [0.1, 0.15) is 0 Å². The molecule has 0 saturated carbocycles. The van der Waals surface area contributed by atoms with Crippen LogP contribution in [0.25, 0.3) is 0 Å². The lowest BCUT2D eigenvalue weighted by Gasteiger charge is -2.25. The molecule has 1 aromatic rings. The van der Waals surface area contributed by atoms with Crippen molar-refractivity contribution < 1.29 is 28.5 Å². The van der Waals surface area contributed by atoms with Crippen molar-refractivity contribution in [3.05, 3.63) is 35.0 Å². The number of hydrogen-bond acceptors (Lipinski definition) is 8. The summed E-state index contributed by atoms with van der Waals surface area (Å²) in [5, 5.41) is 9.64. The third-order valence-corrected chi connectivity index (χ3v) is 4.61. The highest BCUT2D eigenvalue weighted by Crippen LogP contribution is 2.52. The van der Waals surface area contributed by atoms with Gasteiger partial charge >= 0.3 is 11.9 Å². The molecule has 138 valence electrons. The van der Waals surface area contributed by atoms with Gasteiger partial charge in [0.2, 0.25) is 5.41 Å². The summed E-state index contributed by atoms with van der Waals surface area (Å²) < 4.78 is 20.3. The molecular formula is C18H20N2O6. The Hall–Kier alpha value is -3.21. The lowest BCUT2D eigenvalue weighted by atomic mass is 9.81. The molecule has 0 aliphatic heterocycles. The van der Waals surface area contributed by atoms with Crippen molar-refractivity contribution in [2.45, 2.75) is 12.3 Å². The molecule has 0 spiro atoms. The molecule has 0 heterocycles. The number of carbonyl (C=O) groups is 2. The minimum atomic E-state index is -1.88. The van der Waals surface area contributed by atoms with Gasteiger partial charge in [-0.2, -0.15) is 5.26 Å². The van der Waals surface area contributed by atoms with Crippen molar-refractivity contribution in [2.75, 3.05) is 28.4 Å². The topological polar surface area (TPSA) is 121 Å². The van der Waals surface area contributed by atoms with Gasteiger partial charge in [-0.15, -0.1) is 0 Å². The second-order valence-corrected chi connectivity index (χ2v) is 5.67. The van der Waals surface area contributed by atoms with Gasteiger partial charge in [0.25, 0.3) is 0 Å². The van der Waals surface area contributed by atoms with E-state index in [0.717, 1.165) is 14.2 Å². The summed E-state index contributed by atoms with van der Waals surface area (Å²) in [5.41, 5.74) is 4.70. The SMILES string of the molecule is COC(=O)C1(C(=O)OC)CC(c2cccc(OC)c2OC)C(C#N)=C1N. The minimum Gasteiger partial charge on any atom is -0.493 e. The fourth-order valence-corrected chi connectivity index (χ4v) is 3.34. The number of nitrogens with two attached hydrogens (primary N) is 1. The van der Waals surface area contributed by atoms with E-state index in [1.54, 1.807) is 18.2 Å². The van der Waals surface area contributed by atoms with Gasteiger partial charge in [0.05, 0.1) is 45.8 Å². The van der Waals surface area contributed by atoms with Crippen LogP contribution in [-0.4, -0.2) is 40.4 Å². The molecule has 0 radical (unpaired) electrons. The number of para-hydroxylation sites is 1. The first-order valence-corrected chi connectivity index (χ1v) is 7.70. The highest BCUT2D eigenvalue weighted by molar-refractivity contribution is 6.04. The number of benzene rings is 1. The molecule has 1 aliphatic rings. The van der Waals surface area contributed by atoms with Crippen LogP contribution in [0.3, 0.4) is 0 Å². The van der Waals surface area contributed by atoms with Crippen molar-refractivity contribution in [3.63, 3.8) is 0 Å². The Morgan fingerprint density at radius 3 is 2.23 bits per heavy atom. The summed E-state index contributed by atoms with van der Waals surface area (Å²) in [6, 6.07) is 7.15. The molecule has 1 atom stereocenters. The Morgan fingerprint density at radius 2 is 1.77 bits per heavy atom. The van der Waals surface area contributed by atoms with Crippen LogP contribution in [0.15, 0.2) is 29.5 Å². The predicted octanol–water partition coefficient (Wildman–Crippen LogP) is 1.26. The number of nitrogens with zero attached hydrogens (tertiary/aromatic N) is 1. The normalized spacial score (nSPS) is 18.0. The number of methoxy groups -OCH3 is 4. The smallest absolute Gasteiger partial charge is 0.329 e.